The Morgan fingerprint density at radius 2 is 1.62 bits per heavy atom. The van der Waals surface area contributed by atoms with Crippen LogP contribution in [0.1, 0.15) is 40.2 Å². The Balaban J connectivity index is 1.50. The molecule has 11 nitrogen and oxygen atoms in total. The molecule has 4 rings (SSSR count). The minimum Gasteiger partial charge on any atom is -0.444 e. The van der Waals surface area contributed by atoms with Crippen LogP contribution in [-0.4, -0.2) is 45.5 Å². The third-order valence-electron chi connectivity index (χ3n) is 5.56. The van der Waals surface area contributed by atoms with E-state index in [0.717, 1.165) is 5.56 Å². The first kappa shape index (κ1) is 27.7. The predicted molar refractivity (Wildman–Crippen MR) is 146 cm³/mol. The number of nitrogens with zero attached hydrogens (tertiary/aromatic N) is 4. The molecular weight excluding hydrogens is 520 g/mol. The molecular formula is C27H30N6O5S. The quantitative estimate of drug-likeness (QED) is 0.331. The molecule has 2 aromatic carbocycles. The number of anilines is 1. The smallest absolute Gasteiger partial charge is 0.407 e. The molecule has 0 atom stereocenters. The summed E-state index contributed by atoms with van der Waals surface area (Å²) in [7, 11) is -3.39. The molecule has 0 bridgehead atoms. The molecule has 12 heteroatoms. The molecule has 0 aliphatic carbocycles. The van der Waals surface area contributed by atoms with Crippen LogP contribution in [0.25, 0.3) is 34.3 Å². The Morgan fingerprint density at radius 3 is 2.23 bits per heavy atom. The molecule has 4 aromatic rings. The van der Waals surface area contributed by atoms with E-state index in [1.807, 2.05) is 12.1 Å². The minimum absolute atomic E-state index is 0.0894. The lowest BCUT2D eigenvalue weighted by Gasteiger charge is -2.19. The average molecular weight is 551 g/mol. The maximum Gasteiger partial charge on any atom is 0.407 e. The average Bonchev–Trinajstić information content (AvgIpc) is 3.37. The summed E-state index contributed by atoms with van der Waals surface area (Å²) in [5.74, 6) is 0.453. The van der Waals surface area contributed by atoms with Crippen molar-refractivity contribution in [3.05, 3.63) is 60.3 Å². The van der Waals surface area contributed by atoms with Crippen LogP contribution in [0, 0.1) is 0 Å². The number of benzene rings is 2. The first-order chi connectivity index (χ1) is 18.3. The van der Waals surface area contributed by atoms with Gasteiger partial charge < -0.3 is 20.2 Å². The Kier molecular flexibility index (Phi) is 7.68. The van der Waals surface area contributed by atoms with E-state index in [1.54, 1.807) is 71.0 Å². The number of alkyl carbamates (subject to hydrolysis) is 1. The summed E-state index contributed by atoms with van der Waals surface area (Å²) in [6.07, 6.45) is 0.997. The van der Waals surface area contributed by atoms with Crippen LogP contribution in [0.3, 0.4) is 0 Å². The molecule has 2 aromatic heterocycles. The van der Waals surface area contributed by atoms with Gasteiger partial charge in [0, 0.05) is 17.7 Å². The number of hydrogen-bond acceptors (Lipinski definition) is 10. The minimum atomic E-state index is -3.39. The van der Waals surface area contributed by atoms with Crippen LogP contribution in [0.2, 0.25) is 0 Å². The predicted octanol–water partition coefficient (Wildman–Crippen LogP) is 4.65. The number of ether oxygens (including phenoxy) is 1. The molecule has 3 N–H and O–H groups in total. The third-order valence-corrected chi connectivity index (χ3v) is 7.73. The van der Waals surface area contributed by atoms with Gasteiger partial charge >= 0.3 is 6.09 Å². The molecule has 0 spiro atoms. The van der Waals surface area contributed by atoms with E-state index < -0.39 is 26.8 Å². The van der Waals surface area contributed by atoms with E-state index in [9.17, 15) is 13.2 Å². The Bertz CT molecular complexity index is 1570. The standard InChI is InChI=1S/C27H30N6O5S/c1-16(2)39(35,36)20-12-10-18(11-13-20)21-15-29-23(28)22(31-21)25-33-32-24(37-25)19-8-6-17(7-9-19)14-30-26(34)38-27(3,4)5/h6-13,15-16H,14H2,1-5H3,(H2,28,29)(H,30,34). The lowest BCUT2D eigenvalue weighted by molar-refractivity contribution is 0.0523. The van der Waals surface area contributed by atoms with Crippen molar-refractivity contribution in [2.75, 3.05) is 5.73 Å². The first-order valence-corrected chi connectivity index (χ1v) is 13.7. The van der Waals surface area contributed by atoms with E-state index in [1.165, 1.54) is 6.20 Å². The number of nitrogens with one attached hydrogen (secondary N) is 1. The summed E-state index contributed by atoms with van der Waals surface area (Å²) >= 11 is 0. The van der Waals surface area contributed by atoms with Crippen molar-refractivity contribution in [1.82, 2.24) is 25.5 Å². The van der Waals surface area contributed by atoms with Crippen molar-refractivity contribution in [1.29, 1.82) is 0 Å². The molecule has 0 radical (unpaired) electrons. The first-order valence-electron chi connectivity index (χ1n) is 12.2. The SMILES string of the molecule is CC(C)S(=O)(=O)c1ccc(-c2cnc(N)c(-c3nnc(-c4ccc(CNC(=O)OC(C)(C)C)cc4)o3)n2)cc1. The maximum atomic E-state index is 12.4. The summed E-state index contributed by atoms with van der Waals surface area (Å²) in [5, 5.41) is 10.4. The molecule has 1 amide bonds. The van der Waals surface area contributed by atoms with Gasteiger partial charge in [-0.25, -0.2) is 23.2 Å². The normalized spacial score (nSPS) is 11.9. The third kappa shape index (κ3) is 6.58. The molecule has 0 unspecified atom stereocenters. The zero-order valence-corrected chi connectivity index (χ0v) is 23.1. The van der Waals surface area contributed by atoms with Crippen molar-refractivity contribution in [3.63, 3.8) is 0 Å². The number of hydrogen-bond donors (Lipinski definition) is 2. The van der Waals surface area contributed by atoms with Gasteiger partial charge in [-0.1, -0.05) is 24.3 Å². The second-order valence-corrected chi connectivity index (χ2v) is 12.6. The van der Waals surface area contributed by atoms with Crippen molar-refractivity contribution < 1.29 is 22.4 Å². The van der Waals surface area contributed by atoms with Gasteiger partial charge in [-0.05, 0) is 64.4 Å². The van der Waals surface area contributed by atoms with Gasteiger partial charge in [0.1, 0.15) is 5.60 Å². The van der Waals surface area contributed by atoms with Crippen LogP contribution < -0.4 is 11.1 Å². The van der Waals surface area contributed by atoms with Gasteiger partial charge in [-0.15, -0.1) is 10.2 Å². The summed E-state index contributed by atoms with van der Waals surface area (Å²) in [5.41, 5.74) is 8.34. The van der Waals surface area contributed by atoms with Crippen LogP contribution in [0.15, 0.2) is 64.0 Å². The lowest BCUT2D eigenvalue weighted by atomic mass is 10.1. The molecule has 39 heavy (non-hydrogen) atoms. The van der Waals surface area contributed by atoms with Crippen LogP contribution in [0.5, 0.6) is 0 Å². The number of rotatable bonds is 7. The van der Waals surface area contributed by atoms with Crippen molar-refractivity contribution in [2.45, 2.75) is 56.9 Å². The molecule has 0 aliphatic heterocycles. The largest absolute Gasteiger partial charge is 0.444 e. The van der Waals surface area contributed by atoms with Gasteiger partial charge in [0.2, 0.25) is 5.89 Å². The molecule has 204 valence electrons. The molecule has 0 aliphatic rings. The van der Waals surface area contributed by atoms with Gasteiger partial charge in [0.05, 0.1) is 22.0 Å². The maximum absolute atomic E-state index is 12.4. The topological polar surface area (TPSA) is 163 Å². The Hall–Kier alpha value is -4.32. The zero-order valence-electron chi connectivity index (χ0n) is 22.3. The van der Waals surface area contributed by atoms with Gasteiger partial charge in [0.25, 0.3) is 5.89 Å². The Morgan fingerprint density at radius 1 is 1.00 bits per heavy atom. The summed E-state index contributed by atoms with van der Waals surface area (Å²) < 4.78 is 35.9. The van der Waals surface area contributed by atoms with Crippen molar-refractivity contribution in [2.24, 2.45) is 0 Å². The van der Waals surface area contributed by atoms with Gasteiger partial charge in [0.15, 0.2) is 21.3 Å². The summed E-state index contributed by atoms with van der Waals surface area (Å²) in [6.45, 7) is 8.97. The number of nitrogen functional groups attached to an aromatic ring is 1. The number of carbonyl (C=O) groups excluding carboxylic acids is 1. The van der Waals surface area contributed by atoms with Crippen LogP contribution in [-0.2, 0) is 21.1 Å². The van der Waals surface area contributed by atoms with E-state index in [0.29, 0.717) is 23.4 Å². The second kappa shape index (κ2) is 10.8. The summed E-state index contributed by atoms with van der Waals surface area (Å²) in [4.78, 5) is 20.8. The van der Waals surface area contributed by atoms with Crippen LogP contribution >= 0.6 is 0 Å². The number of carbonyl (C=O) groups is 1. The second-order valence-electron chi connectivity index (χ2n) is 10.1. The highest BCUT2D eigenvalue weighted by atomic mass is 32.2. The van der Waals surface area contributed by atoms with Crippen molar-refractivity contribution in [3.8, 4) is 34.3 Å². The Labute approximate surface area is 226 Å². The van der Waals surface area contributed by atoms with Crippen LogP contribution in [0.4, 0.5) is 10.6 Å². The van der Waals surface area contributed by atoms with E-state index in [2.05, 4.69) is 25.5 Å². The number of aromatic nitrogens is 4. The summed E-state index contributed by atoms with van der Waals surface area (Å²) in [6, 6.07) is 13.7. The number of amides is 1. The molecule has 0 fully saturated rings. The highest BCUT2D eigenvalue weighted by Gasteiger charge is 2.20. The van der Waals surface area contributed by atoms with Crippen molar-refractivity contribution >= 4 is 21.7 Å². The highest BCUT2D eigenvalue weighted by molar-refractivity contribution is 7.92. The van der Waals surface area contributed by atoms with E-state index in [-0.39, 0.29) is 28.2 Å². The molecule has 2 heterocycles. The number of nitrogens with two attached hydrogens (primary N) is 1. The molecule has 0 saturated heterocycles. The van der Waals surface area contributed by atoms with Gasteiger partial charge in [-0.3, -0.25) is 0 Å². The monoisotopic (exact) mass is 550 g/mol. The molecule has 0 saturated carbocycles. The zero-order chi connectivity index (χ0) is 28.4. The number of sulfone groups is 1. The van der Waals surface area contributed by atoms with E-state index >= 15 is 0 Å². The van der Waals surface area contributed by atoms with Gasteiger partial charge in [-0.2, -0.15) is 0 Å². The van der Waals surface area contributed by atoms with E-state index in [4.69, 9.17) is 14.9 Å². The fourth-order valence-corrected chi connectivity index (χ4v) is 4.53. The fourth-order valence-electron chi connectivity index (χ4n) is 3.47. The fraction of sp³-hybridized carbons (Fsp3) is 0.296. The highest BCUT2D eigenvalue weighted by Crippen LogP contribution is 2.29. The lowest BCUT2D eigenvalue weighted by Crippen LogP contribution is -2.32.